The fourth-order valence-electron chi connectivity index (χ4n) is 2.71. The van der Waals surface area contributed by atoms with Crippen molar-refractivity contribution < 1.29 is 9.50 Å². The van der Waals surface area contributed by atoms with Crippen molar-refractivity contribution in [2.24, 2.45) is 5.92 Å². The lowest BCUT2D eigenvalue weighted by Crippen LogP contribution is -2.30. The van der Waals surface area contributed by atoms with Crippen molar-refractivity contribution in [3.63, 3.8) is 0 Å². The smallest absolute Gasteiger partial charge is 0.123 e. The Hall–Kier alpha value is -0.930. The Bertz CT molecular complexity index is 365. The van der Waals surface area contributed by atoms with Crippen LogP contribution in [-0.2, 0) is 0 Å². The molecule has 2 nitrogen and oxygen atoms in total. The van der Waals surface area contributed by atoms with Crippen molar-refractivity contribution in [1.29, 1.82) is 0 Å². The van der Waals surface area contributed by atoms with Crippen LogP contribution in [0, 0.1) is 11.7 Å². The molecule has 2 rings (SSSR count). The molecule has 1 aliphatic carbocycles. The highest BCUT2D eigenvalue weighted by molar-refractivity contribution is 5.18. The maximum absolute atomic E-state index is 12.8. The molecule has 18 heavy (non-hydrogen) atoms. The normalized spacial score (nSPS) is 25.3. The fraction of sp³-hybridized carbons (Fsp3) is 0.600. The van der Waals surface area contributed by atoms with Crippen LogP contribution in [-0.4, -0.2) is 17.7 Å². The van der Waals surface area contributed by atoms with Crippen molar-refractivity contribution in [2.75, 3.05) is 6.54 Å². The number of halogens is 1. The van der Waals surface area contributed by atoms with Gasteiger partial charge < -0.3 is 10.4 Å². The molecule has 0 heterocycles. The second-order valence-corrected chi connectivity index (χ2v) is 5.26. The van der Waals surface area contributed by atoms with E-state index in [0.29, 0.717) is 12.6 Å². The van der Waals surface area contributed by atoms with E-state index in [1.807, 2.05) is 0 Å². The van der Waals surface area contributed by atoms with Crippen LogP contribution in [0.5, 0.6) is 0 Å². The van der Waals surface area contributed by atoms with Crippen LogP contribution >= 0.6 is 0 Å². The van der Waals surface area contributed by atoms with E-state index in [1.165, 1.54) is 37.8 Å². The van der Waals surface area contributed by atoms with Gasteiger partial charge in [0.05, 0.1) is 6.10 Å². The molecule has 100 valence electrons. The molecule has 3 heteroatoms. The van der Waals surface area contributed by atoms with Gasteiger partial charge in [0, 0.05) is 12.6 Å². The molecule has 1 fully saturated rings. The summed E-state index contributed by atoms with van der Waals surface area (Å²) in [5.41, 5.74) is 0.772. The molecule has 3 unspecified atom stereocenters. The third-order valence-corrected chi connectivity index (χ3v) is 3.97. The highest BCUT2D eigenvalue weighted by Gasteiger charge is 2.23. The van der Waals surface area contributed by atoms with Crippen LogP contribution in [0.25, 0.3) is 0 Å². The minimum atomic E-state index is -0.550. The van der Waals surface area contributed by atoms with Crippen LogP contribution in [0.4, 0.5) is 4.39 Å². The summed E-state index contributed by atoms with van der Waals surface area (Å²) >= 11 is 0. The SMILES string of the molecule is CCC1CCC(NCC(O)c2ccc(F)cc2)C1. The van der Waals surface area contributed by atoms with Crippen LogP contribution in [0.15, 0.2) is 24.3 Å². The summed E-state index contributed by atoms with van der Waals surface area (Å²) in [7, 11) is 0. The minimum Gasteiger partial charge on any atom is -0.387 e. The molecule has 0 radical (unpaired) electrons. The zero-order valence-corrected chi connectivity index (χ0v) is 10.9. The van der Waals surface area contributed by atoms with E-state index < -0.39 is 6.10 Å². The largest absolute Gasteiger partial charge is 0.387 e. The number of hydrogen-bond acceptors (Lipinski definition) is 2. The summed E-state index contributed by atoms with van der Waals surface area (Å²) in [6, 6.07) is 6.60. The van der Waals surface area contributed by atoms with Crippen LogP contribution in [0.2, 0.25) is 0 Å². The molecular weight excluding hydrogens is 229 g/mol. The van der Waals surface area contributed by atoms with Gasteiger partial charge in [0.1, 0.15) is 5.82 Å². The lowest BCUT2D eigenvalue weighted by atomic mass is 10.1. The molecule has 0 aromatic heterocycles. The van der Waals surface area contributed by atoms with Gasteiger partial charge in [-0.15, -0.1) is 0 Å². The molecule has 1 saturated carbocycles. The molecule has 0 bridgehead atoms. The van der Waals surface area contributed by atoms with Gasteiger partial charge in [0.25, 0.3) is 0 Å². The third-order valence-electron chi connectivity index (χ3n) is 3.97. The number of aliphatic hydroxyl groups excluding tert-OH is 1. The van der Waals surface area contributed by atoms with E-state index in [4.69, 9.17) is 0 Å². The molecule has 0 saturated heterocycles. The van der Waals surface area contributed by atoms with Crippen molar-refractivity contribution >= 4 is 0 Å². The minimum absolute atomic E-state index is 0.263. The second kappa shape index (κ2) is 6.30. The first-order valence-electron chi connectivity index (χ1n) is 6.86. The number of aliphatic hydroxyl groups is 1. The van der Waals surface area contributed by atoms with E-state index in [2.05, 4.69) is 12.2 Å². The predicted octanol–water partition coefficient (Wildman–Crippen LogP) is 3.03. The van der Waals surface area contributed by atoms with Gasteiger partial charge in [-0.3, -0.25) is 0 Å². The van der Waals surface area contributed by atoms with Gasteiger partial charge in [-0.05, 0) is 42.9 Å². The first-order chi connectivity index (χ1) is 8.69. The van der Waals surface area contributed by atoms with Gasteiger partial charge in [-0.1, -0.05) is 25.5 Å². The van der Waals surface area contributed by atoms with Crippen molar-refractivity contribution in [3.8, 4) is 0 Å². The number of hydrogen-bond donors (Lipinski definition) is 2. The second-order valence-electron chi connectivity index (χ2n) is 5.26. The van der Waals surface area contributed by atoms with Gasteiger partial charge in [-0.25, -0.2) is 4.39 Å². The monoisotopic (exact) mass is 251 g/mol. The van der Waals surface area contributed by atoms with Crippen molar-refractivity contribution in [3.05, 3.63) is 35.6 Å². The van der Waals surface area contributed by atoms with Gasteiger partial charge in [0.15, 0.2) is 0 Å². The van der Waals surface area contributed by atoms with E-state index in [-0.39, 0.29) is 5.82 Å². The Morgan fingerprint density at radius 3 is 2.67 bits per heavy atom. The Labute approximate surface area is 108 Å². The average Bonchev–Trinajstić information content (AvgIpc) is 2.85. The summed E-state index contributed by atoms with van der Waals surface area (Å²) in [6.45, 7) is 2.78. The first-order valence-corrected chi connectivity index (χ1v) is 6.86. The summed E-state index contributed by atoms with van der Waals surface area (Å²) in [5, 5.41) is 13.4. The molecule has 1 aliphatic rings. The Kier molecular flexibility index (Phi) is 4.72. The summed E-state index contributed by atoms with van der Waals surface area (Å²) in [5.74, 6) is 0.575. The Morgan fingerprint density at radius 1 is 1.33 bits per heavy atom. The molecular formula is C15H22FNO. The maximum Gasteiger partial charge on any atom is 0.123 e. The van der Waals surface area contributed by atoms with Crippen LogP contribution < -0.4 is 5.32 Å². The van der Waals surface area contributed by atoms with Gasteiger partial charge in [0.2, 0.25) is 0 Å². The average molecular weight is 251 g/mol. The Balaban J connectivity index is 1.78. The van der Waals surface area contributed by atoms with Gasteiger partial charge >= 0.3 is 0 Å². The Morgan fingerprint density at radius 2 is 2.06 bits per heavy atom. The van der Waals surface area contributed by atoms with E-state index in [9.17, 15) is 9.50 Å². The lowest BCUT2D eigenvalue weighted by Gasteiger charge is -2.17. The quantitative estimate of drug-likeness (QED) is 0.843. The molecule has 0 amide bonds. The zero-order valence-electron chi connectivity index (χ0n) is 10.9. The molecule has 1 aromatic carbocycles. The van der Waals surface area contributed by atoms with E-state index in [0.717, 1.165) is 11.5 Å². The number of nitrogens with one attached hydrogen (secondary N) is 1. The molecule has 2 N–H and O–H groups in total. The lowest BCUT2D eigenvalue weighted by molar-refractivity contribution is 0.169. The zero-order chi connectivity index (χ0) is 13.0. The summed E-state index contributed by atoms with van der Waals surface area (Å²) in [6.07, 6.45) is 4.41. The topological polar surface area (TPSA) is 32.3 Å². The molecule has 0 aliphatic heterocycles. The molecule has 1 aromatic rings. The van der Waals surface area contributed by atoms with E-state index >= 15 is 0 Å². The molecule has 0 spiro atoms. The third kappa shape index (κ3) is 3.53. The summed E-state index contributed by atoms with van der Waals surface area (Å²) < 4.78 is 12.8. The standard InChI is InChI=1S/C15H22FNO/c1-2-11-3-8-14(9-11)17-10-15(18)12-4-6-13(16)7-5-12/h4-7,11,14-15,17-18H,2-3,8-10H2,1H3. The molecule has 3 atom stereocenters. The highest BCUT2D eigenvalue weighted by atomic mass is 19.1. The van der Waals surface area contributed by atoms with Gasteiger partial charge in [-0.2, -0.15) is 0 Å². The van der Waals surface area contributed by atoms with Crippen molar-refractivity contribution in [2.45, 2.75) is 44.8 Å². The maximum atomic E-state index is 12.8. The summed E-state index contributed by atoms with van der Waals surface area (Å²) in [4.78, 5) is 0. The van der Waals surface area contributed by atoms with Crippen LogP contribution in [0.3, 0.4) is 0 Å². The predicted molar refractivity (Wildman–Crippen MR) is 70.8 cm³/mol. The van der Waals surface area contributed by atoms with E-state index in [1.54, 1.807) is 12.1 Å². The first kappa shape index (κ1) is 13.5. The number of rotatable bonds is 5. The van der Waals surface area contributed by atoms with Crippen molar-refractivity contribution in [1.82, 2.24) is 5.32 Å². The number of benzene rings is 1. The van der Waals surface area contributed by atoms with Crippen LogP contribution in [0.1, 0.15) is 44.3 Å². The fourth-order valence-corrected chi connectivity index (χ4v) is 2.71. The highest BCUT2D eigenvalue weighted by Crippen LogP contribution is 2.28.